The molecule has 3 aromatic rings. The first kappa shape index (κ1) is 13.0. The van der Waals surface area contributed by atoms with E-state index in [1.165, 1.54) is 12.1 Å². The minimum absolute atomic E-state index is 0.0202. The average molecular weight is 289 g/mol. The van der Waals surface area contributed by atoms with Crippen LogP contribution in [0.1, 0.15) is 0 Å². The summed E-state index contributed by atoms with van der Waals surface area (Å²) in [5.41, 5.74) is 5.97. The van der Waals surface area contributed by atoms with Gasteiger partial charge in [0, 0.05) is 11.8 Å². The third-order valence-corrected chi connectivity index (χ3v) is 2.81. The Hall–Kier alpha value is -2.96. The number of benzene rings is 2. The highest BCUT2D eigenvalue weighted by molar-refractivity contribution is 5.81. The molecule has 7 heteroatoms. The number of aromatic nitrogens is 2. The number of aromatic amines is 1. The molecule has 2 aromatic carbocycles. The van der Waals surface area contributed by atoms with Gasteiger partial charge in [-0.15, -0.1) is 0 Å². The van der Waals surface area contributed by atoms with Crippen LogP contribution < -0.4 is 16.0 Å². The molecule has 0 aliphatic heterocycles. The smallest absolute Gasteiger partial charge is 0.302 e. The fourth-order valence-electron chi connectivity index (χ4n) is 1.84. The average Bonchev–Trinajstić information content (AvgIpc) is 2.44. The Bertz CT molecular complexity index is 893. The van der Waals surface area contributed by atoms with Crippen LogP contribution in [0.4, 0.5) is 14.5 Å². The van der Waals surface area contributed by atoms with E-state index in [9.17, 15) is 13.6 Å². The molecule has 1 heterocycles. The van der Waals surface area contributed by atoms with Crippen molar-refractivity contribution >= 4 is 16.6 Å². The normalized spacial score (nSPS) is 10.8. The van der Waals surface area contributed by atoms with Gasteiger partial charge in [0.1, 0.15) is 5.75 Å². The number of rotatable bonds is 2. The number of nitrogens with two attached hydrogens (primary N) is 1. The first-order valence-electron chi connectivity index (χ1n) is 5.95. The number of anilines is 1. The summed E-state index contributed by atoms with van der Waals surface area (Å²) in [6, 6.07) is 7.54. The second kappa shape index (κ2) is 4.86. The second-order valence-corrected chi connectivity index (χ2v) is 4.33. The van der Waals surface area contributed by atoms with Crippen LogP contribution in [0, 0.1) is 11.6 Å². The molecule has 0 amide bonds. The molecule has 0 bridgehead atoms. The van der Waals surface area contributed by atoms with Crippen molar-refractivity contribution < 1.29 is 13.5 Å². The standard InChI is InChI=1S/C14H9F2N3O2/c15-10-3-2-8(6-11(10)16)21-14-18-12-4-1-7(17)5-9(12)13(20)19-14/h1-6H,17H2,(H,18,19,20). The van der Waals surface area contributed by atoms with Crippen LogP contribution in [-0.4, -0.2) is 9.97 Å². The third-order valence-electron chi connectivity index (χ3n) is 2.81. The summed E-state index contributed by atoms with van der Waals surface area (Å²) in [6.45, 7) is 0. The molecule has 0 saturated heterocycles. The molecule has 5 nitrogen and oxygen atoms in total. The summed E-state index contributed by atoms with van der Waals surface area (Å²) in [5, 5.41) is 0.313. The summed E-state index contributed by atoms with van der Waals surface area (Å²) in [5.74, 6) is -2.02. The van der Waals surface area contributed by atoms with E-state index in [0.29, 0.717) is 16.6 Å². The predicted octanol–water partition coefficient (Wildman–Crippen LogP) is 2.58. The maximum atomic E-state index is 13.1. The molecule has 0 aliphatic rings. The molecule has 0 atom stereocenters. The summed E-state index contributed by atoms with van der Waals surface area (Å²) in [6.07, 6.45) is 0. The maximum absolute atomic E-state index is 13.1. The molecule has 3 N–H and O–H groups in total. The Labute approximate surface area is 117 Å². The van der Waals surface area contributed by atoms with E-state index in [2.05, 4.69) is 9.97 Å². The Morgan fingerprint density at radius 2 is 1.90 bits per heavy atom. The van der Waals surface area contributed by atoms with Crippen LogP contribution >= 0.6 is 0 Å². The molecular weight excluding hydrogens is 280 g/mol. The van der Waals surface area contributed by atoms with Crippen LogP contribution in [0.15, 0.2) is 41.2 Å². The van der Waals surface area contributed by atoms with Crippen molar-refractivity contribution in [3.8, 4) is 11.8 Å². The number of nitrogens with zero attached hydrogens (tertiary/aromatic N) is 1. The molecule has 0 fully saturated rings. The number of nitrogen functional groups attached to an aromatic ring is 1. The Kier molecular flexibility index (Phi) is 3.02. The van der Waals surface area contributed by atoms with Crippen LogP contribution in [-0.2, 0) is 0 Å². The molecule has 3 rings (SSSR count). The fourth-order valence-corrected chi connectivity index (χ4v) is 1.84. The van der Waals surface area contributed by atoms with Gasteiger partial charge in [-0.3, -0.25) is 9.78 Å². The van der Waals surface area contributed by atoms with Gasteiger partial charge in [-0.1, -0.05) is 0 Å². The quantitative estimate of drug-likeness (QED) is 0.710. The first-order chi connectivity index (χ1) is 10.0. The lowest BCUT2D eigenvalue weighted by molar-refractivity contribution is 0.431. The molecular formula is C14H9F2N3O2. The Morgan fingerprint density at radius 1 is 1.10 bits per heavy atom. The van der Waals surface area contributed by atoms with Crippen molar-refractivity contribution in [2.75, 3.05) is 5.73 Å². The zero-order valence-corrected chi connectivity index (χ0v) is 10.6. The van der Waals surface area contributed by atoms with Gasteiger partial charge in [0.05, 0.1) is 10.9 Å². The maximum Gasteiger partial charge on any atom is 0.302 e. The Balaban J connectivity index is 2.03. The van der Waals surface area contributed by atoms with Crippen LogP contribution in [0.25, 0.3) is 10.9 Å². The van der Waals surface area contributed by atoms with E-state index in [-0.39, 0.29) is 11.8 Å². The van der Waals surface area contributed by atoms with Crippen LogP contribution in [0.5, 0.6) is 11.8 Å². The largest absolute Gasteiger partial charge is 0.425 e. The van der Waals surface area contributed by atoms with Crippen molar-refractivity contribution in [2.45, 2.75) is 0 Å². The van der Waals surface area contributed by atoms with Gasteiger partial charge in [-0.25, -0.2) is 8.78 Å². The Morgan fingerprint density at radius 3 is 2.67 bits per heavy atom. The summed E-state index contributed by atoms with van der Waals surface area (Å²) in [4.78, 5) is 18.4. The molecule has 0 spiro atoms. The van der Waals surface area contributed by atoms with E-state index in [1.54, 1.807) is 12.1 Å². The van der Waals surface area contributed by atoms with Gasteiger partial charge in [0.15, 0.2) is 11.6 Å². The molecule has 0 radical (unpaired) electrons. The van der Waals surface area contributed by atoms with Gasteiger partial charge < -0.3 is 10.5 Å². The molecule has 1 aromatic heterocycles. The van der Waals surface area contributed by atoms with E-state index in [0.717, 1.165) is 12.1 Å². The van der Waals surface area contributed by atoms with E-state index < -0.39 is 17.2 Å². The number of halogens is 2. The van der Waals surface area contributed by atoms with Gasteiger partial charge >= 0.3 is 6.01 Å². The number of hydrogen-bond donors (Lipinski definition) is 2. The minimum atomic E-state index is -1.05. The van der Waals surface area contributed by atoms with Crippen LogP contribution in [0.3, 0.4) is 0 Å². The second-order valence-electron chi connectivity index (χ2n) is 4.33. The number of nitrogens with one attached hydrogen (secondary N) is 1. The number of fused-ring (bicyclic) bond motifs is 1. The molecule has 21 heavy (non-hydrogen) atoms. The van der Waals surface area contributed by atoms with Gasteiger partial charge in [-0.2, -0.15) is 4.98 Å². The van der Waals surface area contributed by atoms with Crippen molar-refractivity contribution in [3.05, 3.63) is 58.4 Å². The van der Waals surface area contributed by atoms with E-state index in [1.807, 2.05) is 0 Å². The highest BCUT2D eigenvalue weighted by atomic mass is 19.2. The molecule has 0 aliphatic carbocycles. The summed E-state index contributed by atoms with van der Waals surface area (Å²) >= 11 is 0. The van der Waals surface area contributed by atoms with Gasteiger partial charge in [0.2, 0.25) is 0 Å². The van der Waals surface area contributed by atoms with E-state index >= 15 is 0 Å². The highest BCUT2D eigenvalue weighted by Crippen LogP contribution is 2.21. The molecule has 0 unspecified atom stereocenters. The lowest BCUT2D eigenvalue weighted by atomic mass is 10.2. The van der Waals surface area contributed by atoms with E-state index in [4.69, 9.17) is 10.5 Å². The lowest BCUT2D eigenvalue weighted by Gasteiger charge is -2.06. The van der Waals surface area contributed by atoms with Gasteiger partial charge in [0.25, 0.3) is 5.56 Å². The highest BCUT2D eigenvalue weighted by Gasteiger charge is 2.08. The van der Waals surface area contributed by atoms with Crippen molar-refractivity contribution in [3.63, 3.8) is 0 Å². The number of ether oxygens (including phenoxy) is 1. The predicted molar refractivity (Wildman–Crippen MR) is 73.2 cm³/mol. The zero-order valence-electron chi connectivity index (χ0n) is 10.6. The van der Waals surface area contributed by atoms with Crippen molar-refractivity contribution in [1.82, 2.24) is 9.97 Å². The first-order valence-corrected chi connectivity index (χ1v) is 5.95. The number of H-pyrrole nitrogens is 1. The SMILES string of the molecule is Nc1ccc2nc(Oc3ccc(F)c(F)c3)[nH]c(=O)c2c1. The lowest BCUT2D eigenvalue weighted by Crippen LogP contribution is -2.09. The van der Waals surface area contributed by atoms with Crippen molar-refractivity contribution in [2.24, 2.45) is 0 Å². The monoisotopic (exact) mass is 289 g/mol. The van der Waals surface area contributed by atoms with Gasteiger partial charge in [-0.05, 0) is 30.3 Å². The summed E-state index contributed by atoms with van der Waals surface area (Å²) in [7, 11) is 0. The third kappa shape index (κ3) is 2.53. The molecule has 0 saturated carbocycles. The minimum Gasteiger partial charge on any atom is -0.425 e. The zero-order chi connectivity index (χ0) is 15.0. The molecule has 106 valence electrons. The number of hydrogen-bond acceptors (Lipinski definition) is 4. The topological polar surface area (TPSA) is 81.0 Å². The fraction of sp³-hybridized carbons (Fsp3) is 0. The van der Waals surface area contributed by atoms with Crippen LogP contribution in [0.2, 0.25) is 0 Å². The van der Waals surface area contributed by atoms with Crippen molar-refractivity contribution in [1.29, 1.82) is 0 Å². The summed E-state index contributed by atoms with van der Waals surface area (Å²) < 4.78 is 31.2.